The number of hydrogen-bond acceptors (Lipinski definition) is 2. The van der Waals surface area contributed by atoms with E-state index in [1.54, 1.807) is 23.5 Å². The number of thioether (sulfide) groups is 2. The first-order valence-corrected chi connectivity index (χ1v) is 13.6. The van der Waals surface area contributed by atoms with Crippen LogP contribution in [0.4, 0.5) is 0 Å². The van der Waals surface area contributed by atoms with Gasteiger partial charge >= 0.3 is 0 Å². The fraction of sp³-hybridized carbons (Fsp3) is 0.263. The molecule has 23 heavy (non-hydrogen) atoms. The summed E-state index contributed by atoms with van der Waals surface area (Å²) in [5.74, 6) is 3.45. The summed E-state index contributed by atoms with van der Waals surface area (Å²) in [6.07, 6.45) is 4.24. The number of benzene rings is 2. The van der Waals surface area contributed by atoms with E-state index in [4.69, 9.17) is 0 Å². The molecule has 0 amide bonds. The zero-order valence-electron chi connectivity index (χ0n) is 14.2. The number of aromatic nitrogens is 1. The van der Waals surface area contributed by atoms with Gasteiger partial charge in [0.25, 0.3) is 0 Å². The first-order chi connectivity index (χ1) is 10.9. The van der Waals surface area contributed by atoms with E-state index in [0.29, 0.717) is 0 Å². The first-order valence-electron chi connectivity index (χ1n) is 7.62. The quantitative estimate of drug-likeness (QED) is 0.345. The summed E-state index contributed by atoms with van der Waals surface area (Å²) >= 11 is 3.56. The van der Waals surface area contributed by atoms with Crippen LogP contribution in [0.25, 0.3) is 21.8 Å². The van der Waals surface area contributed by atoms with E-state index in [-0.39, 0.29) is 0 Å². The van der Waals surface area contributed by atoms with Crippen molar-refractivity contribution in [1.82, 2.24) is 4.98 Å². The SMILES string of the molecule is CSc1ccc2[nH]c3c(C#C[Si](C)(C)C)cc(SC)cc3c2c1. The molecule has 0 saturated heterocycles. The van der Waals surface area contributed by atoms with Crippen molar-refractivity contribution in [3.05, 3.63) is 35.9 Å². The van der Waals surface area contributed by atoms with Crippen molar-refractivity contribution in [3.63, 3.8) is 0 Å². The van der Waals surface area contributed by atoms with Gasteiger partial charge in [0.05, 0.1) is 5.52 Å². The lowest BCUT2D eigenvalue weighted by molar-refractivity contribution is 1.45. The van der Waals surface area contributed by atoms with Crippen molar-refractivity contribution in [2.45, 2.75) is 29.4 Å². The van der Waals surface area contributed by atoms with Gasteiger partial charge in [-0.3, -0.25) is 0 Å². The van der Waals surface area contributed by atoms with Crippen molar-refractivity contribution in [2.75, 3.05) is 12.5 Å². The molecule has 1 aromatic heterocycles. The molecule has 0 aliphatic carbocycles. The number of H-pyrrole nitrogens is 1. The summed E-state index contributed by atoms with van der Waals surface area (Å²) in [5.41, 5.74) is 6.98. The van der Waals surface area contributed by atoms with Gasteiger partial charge in [-0.15, -0.1) is 29.1 Å². The molecule has 4 heteroatoms. The number of rotatable bonds is 2. The minimum Gasteiger partial charge on any atom is -0.353 e. The Hall–Kier alpha value is -1.28. The lowest BCUT2D eigenvalue weighted by atomic mass is 10.1. The van der Waals surface area contributed by atoms with Gasteiger partial charge in [0.2, 0.25) is 0 Å². The summed E-state index contributed by atoms with van der Waals surface area (Å²) in [5, 5.41) is 2.57. The standard InChI is InChI=1S/C19H21NS2Si/c1-21-14-6-7-18-16(11-14)17-12-15(22-2)10-13(19(17)20-18)8-9-23(3,4)5/h6-7,10-12,20H,1-5H3. The lowest BCUT2D eigenvalue weighted by Gasteiger charge is -2.05. The predicted molar refractivity (Wildman–Crippen MR) is 110 cm³/mol. The maximum atomic E-state index is 3.58. The van der Waals surface area contributed by atoms with Crippen molar-refractivity contribution in [3.8, 4) is 11.5 Å². The third-order valence-corrected chi connectivity index (χ3v) is 6.00. The van der Waals surface area contributed by atoms with Gasteiger partial charge in [-0.25, -0.2) is 0 Å². The molecule has 0 bridgehead atoms. The van der Waals surface area contributed by atoms with E-state index < -0.39 is 8.07 Å². The molecule has 118 valence electrons. The third kappa shape index (κ3) is 3.47. The Kier molecular flexibility index (Phi) is 4.55. The monoisotopic (exact) mass is 355 g/mol. The first kappa shape index (κ1) is 16.6. The topological polar surface area (TPSA) is 15.8 Å². The smallest absolute Gasteiger partial charge is 0.129 e. The second-order valence-corrected chi connectivity index (χ2v) is 13.1. The molecule has 3 rings (SSSR count). The Morgan fingerprint density at radius 1 is 0.913 bits per heavy atom. The molecule has 0 atom stereocenters. The molecule has 0 aliphatic rings. The molecule has 1 nitrogen and oxygen atoms in total. The minimum atomic E-state index is -1.39. The van der Waals surface area contributed by atoms with Crippen LogP contribution in [0.2, 0.25) is 19.6 Å². The third-order valence-electron chi connectivity index (χ3n) is 3.70. The zero-order chi connectivity index (χ0) is 16.6. The van der Waals surface area contributed by atoms with Gasteiger partial charge in [0.15, 0.2) is 0 Å². The molecule has 3 aromatic rings. The normalized spacial score (nSPS) is 11.7. The highest BCUT2D eigenvalue weighted by atomic mass is 32.2. The minimum absolute atomic E-state index is 1.12. The van der Waals surface area contributed by atoms with Crippen molar-refractivity contribution in [1.29, 1.82) is 0 Å². The number of fused-ring (bicyclic) bond motifs is 3. The Morgan fingerprint density at radius 2 is 1.61 bits per heavy atom. The number of nitrogens with one attached hydrogen (secondary N) is 1. The Labute approximate surface area is 147 Å². The summed E-state index contributed by atoms with van der Waals surface area (Å²) in [6, 6.07) is 11.1. The average Bonchev–Trinajstić information content (AvgIpc) is 2.89. The Bertz CT molecular complexity index is 939. The molecule has 0 radical (unpaired) electrons. The zero-order valence-corrected chi connectivity index (χ0v) is 16.8. The van der Waals surface area contributed by atoms with E-state index in [2.05, 4.69) is 78.9 Å². The van der Waals surface area contributed by atoms with Crippen LogP contribution in [0.15, 0.2) is 40.1 Å². The van der Waals surface area contributed by atoms with Gasteiger partial charge in [-0.1, -0.05) is 25.6 Å². The fourth-order valence-corrected chi connectivity index (χ4v) is 3.97. The van der Waals surface area contributed by atoms with Crippen LogP contribution in [0.1, 0.15) is 5.56 Å². The van der Waals surface area contributed by atoms with Crippen LogP contribution in [-0.4, -0.2) is 25.6 Å². The second kappa shape index (κ2) is 6.31. The molecule has 1 N–H and O–H groups in total. The van der Waals surface area contributed by atoms with Crippen LogP contribution in [0.5, 0.6) is 0 Å². The molecule has 1 heterocycles. The van der Waals surface area contributed by atoms with E-state index >= 15 is 0 Å². The highest BCUT2D eigenvalue weighted by Gasteiger charge is 2.12. The number of aromatic amines is 1. The summed E-state index contributed by atoms with van der Waals surface area (Å²) in [7, 11) is -1.39. The molecule has 0 saturated carbocycles. The van der Waals surface area contributed by atoms with Crippen LogP contribution in [0.3, 0.4) is 0 Å². The van der Waals surface area contributed by atoms with E-state index in [1.807, 2.05) is 0 Å². The molecular weight excluding hydrogens is 334 g/mol. The molecule has 0 spiro atoms. The largest absolute Gasteiger partial charge is 0.353 e. The number of hydrogen-bond donors (Lipinski definition) is 1. The molecule has 0 unspecified atom stereocenters. The van der Waals surface area contributed by atoms with Crippen molar-refractivity contribution in [2.24, 2.45) is 0 Å². The fourth-order valence-electron chi connectivity index (χ4n) is 2.55. The van der Waals surface area contributed by atoms with Crippen molar-refractivity contribution >= 4 is 53.4 Å². The summed E-state index contributed by atoms with van der Waals surface area (Å²) < 4.78 is 0. The van der Waals surface area contributed by atoms with Gasteiger partial charge < -0.3 is 4.98 Å². The molecule has 2 aromatic carbocycles. The maximum absolute atomic E-state index is 3.58. The van der Waals surface area contributed by atoms with Crippen LogP contribution < -0.4 is 0 Å². The van der Waals surface area contributed by atoms with Gasteiger partial charge in [-0.05, 0) is 42.8 Å². The van der Waals surface area contributed by atoms with Gasteiger partial charge in [-0.2, -0.15) is 0 Å². The van der Waals surface area contributed by atoms with E-state index in [1.165, 1.54) is 31.6 Å². The lowest BCUT2D eigenvalue weighted by Crippen LogP contribution is -2.16. The summed E-state index contributed by atoms with van der Waals surface area (Å²) in [4.78, 5) is 6.15. The highest BCUT2D eigenvalue weighted by molar-refractivity contribution is 7.98. The van der Waals surface area contributed by atoms with Crippen molar-refractivity contribution < 1.29 is 0 Å². The van der Waals surface area contributed by atoms with Crippen LogP contribution in [0, 0.1) is 11.5 Å². The Balaban J connectivity index is 2.33. The van der Waals surface area contributed by atoms with E-state index in [9.17, 15) is 0 Å². The summed E-state index contributed by atoms with van der Waals surface area (Å²) in [6.45, 7) is 6.85. The molecule has 0 fully saturated rings. The van der Waals surface area contributed by atoms with Gasteiger partial charge in [0, 0.05) is 31.6 Å². The Morgan fingerprint density at radius 3 is 2.26 bits per heavy atom. The van der Waals surface area contributed by atoms with E-state index in [0.717, 1.165) is 5.56 Å². The average molecular weight is 356 g/mol. The maximum Gasteiger partial charge on any atom is 0.129 e. The second-order valence-electron chi connectivity index (χ2n) is 6.63. The van der Waals surface area contributed by atoms with Crippen LogP contribution in [-0.2, 0) is 0 Å². The molecule has 0 aliphatic heterocycles. The highest BCUT2D eigenvalue weighted by Crippen LogP contribution is 2.33. The predicted octanol–water partition coefficient (Wildman–Crippen LogP) is 5.99. The molecular formula is C19H21NS2Si. The van der Waals surface area contributed by atoms with Crippen LogP contribution >= 0.6 is 23.5 Å². The van der Waals surface area contributed by atoms with Gasteiger partial charge in [0.1, 0.15) is 8.07 Å².